The summed E-state index contributed by atoms with van der Waals surface area (Å²) in [4.78, 5) is 12.0. The van der Waals surface area contributed by atoms with Gasteiger partial charge in [-0.3, -0.25) is 4.79 Å². The summed E-state index contributed by atoms with van der Waals surface area (Å²) >= 11 is 3.18. The maximum absolute atomic E-state index is 13.7. The molecule has 2 aromatic carbocycles. The van der Waals surface area contributed by atoms with Gasteiger partial charge in [-0.15, -0.1) is 0 Å². The fraction of sp³-hybridized carbons (Fsp3) is 0.0556. The number of nitrogens with one attached hydrogen (secondary N) is 1. The molecule has 3 rings (SSSR count). The number of anilines is 1. The standard InChI is InChI=1S/C18H14BrFN2O/c19-14-5-8-17(16(20)12-14)21-18(23)11-13-3-6-15(7-4-13)22-9-1-2-10-22/h1-10,12H,11H2,(H,21,23). The van der Waals surface area contributed by atoms with Crippen LogP contribution in [0.4, 0.5) is 10.1 Å². The van der Waals surface area contributed by atoms with Crippen molar-refractivity contribution in [2.24, 2.45) is 0 Å². The Labute approximate surface area is 141 Å². The number of aromatic nitrogens is 1. The summed E-state index contributed by atoms with van der Waals surface area (Å²) < 4.78 is 16.3. The molecule has 3 aromatic rings. The van der Waals surface area contributed by atoms with Gasteiger partial charge < -0.3 is 9.88 Å². The van der Waals surface area contributed by atoms with E-state index < -0.39 is 5.82 Å². The average molecular weight is 373 g/mol. The molecule has 1 amide bonds. The number of halogens is 2. The minimum absolute atomic E-state index is 0.183. The fourth-order valence-corrected chi connectivity index (χ4v) is 2.60. The normalized spacial score (nSPS) is 10.5. The average Bonchev–Trinajstić information content (AvgIpc) is 3.05. The van der Waals surface area contributed by atoms with Crippen LogP contribution in [0.5, 0.6) is 0 Å². The fourth-order valence-electron chi connectivity index (χ4n) is 2.26. The first kappa shape index (κ1) is 15.5. The molecule has 116 valence electrons. The number of nitrogens with zero attached hydrogens (tertiary/aromatic N) is 1. The largest absolute Gasteiger partial charge is 0.324 e. The molecule has 0 spiro atoms. The Kier molecular flexibility index (Phi) is 4.57. The van der Waals surface area contributed by atoms with Crippen LogP contribution in [0.2, 0.25) is 0 Å². The van der Waals surface area contributed by atoms with Crippen molar-refractivity contribution in [3.05, 3.63) is 82.8 Å². The molecule has 0 saturated heterocycles. The summed E-state index contributed by atoms with van der Waals surface area (Å²) in [5.41, 5.74) is 2.08. The van der Waals surface area contributed by atoms with Gasteiger partial charge in [0.1, 0.15) is 5.82 Å². The van der Waals surface area contributed by atoms with Gasteiger partial charge in [-0.2, -0.15) is 0 Å². The van der Waals surface area contributed by atoms with E-state index in [9.17, 15) is 9.18 Å². The molecule has 0 aliphatic carbocycles. The van der Waals surface area contributed by atoms with Crippen LogP contribution in [-0.2, 0) is 11.2 Å². The highest BCUT2D eigenvalue weighted by Gasteiger charge is 2.08. The van der Waals surface area contributed by atoms with E-state index in [0.29, 0.717) is 4.47 Å². The van der Waals surface area contributed by atoms with Crippen molar-refractivity contribution in [3.63, 3.8) is 0 Å². The van der Waals surface area contributed by atoms with Crippen LogP contribution >= 0.6 is 15.9 Å². The van der Waals surface area contributed by atoms with Crippen LogP contribution < -0.4 is 5.32 Å². The van der Waals surface area contributed by atoms with E-state index in [4.69, 9.17) is 0 Å². The summed E-state index contributed by atoms with van der Waals surface area (Å²) in [6.07, 6.45) is 4.11. The maximum Gasteiger partial charge on any atom is 0.228 e. The lowest BCUT2D eigenvalue weighted by Crippen LogP contribution is -2.15. The quantitative estimate of drug-likeness (QED) is 0.715. The maximum atomic E-state index is 13.7. The Morgan fingerprint density at radius 2 is 1.78 bits per heavy atom. The molecule has 0 fully saturated rings. The van der Waals surface area contributed by atoms with Crippen molar-refractivity contribution >= 4 is 27.5 Å². The van der Waals surface area contributed by atoms with Crippen molar-refractivity contribution < 1.29 is 9.18 Å². The highest BCUT2D eigenvalue weighted by Crippen LogP contribution is 2.19. The third kappa shape index (κ3) is 3.87. The topological polar surface area (TPSA) is 34.0 Å². The second-order valence-corrected chi connectivity index (χ2v) is 6.02. The third-order valence-electron chi connectivity index (χ3n) is 3.41. The van der Waals surface area contributed by atoms with Crippen molar-refractivity contribution in [2.75, 3.05) is 5.32 Å². The number of carbonyl (C=O) groups is 1. The van der Waals surface area contributed by atoms with Gasteiger partial charge in [-0.05, 0) is 48.0 Å². The lowest BCUT2D eigenvalue weighted by atomic mass is 10.1. The summed E-state index contributed by atoms with van der Waals surface area (Å²) in [5, 5.41) is 2.59. The molecular weight excluding hydrogens is 359 g/mol. The second kappa shape index (κ2) is 6.79. The summed E-state index contributed by atoms with van der Waals surface area (Å²) in [7, 11) is 0. The van der Waals surface area contributed by atoms with E-state index in [-0.39, 0.29) is 18.0 Å². The van der Waals surface area contributed by atoms with Crippen LogP contribution in [-0.4, -0.2) is 10.5 Å². The van der Waals surface area contributed by atoms with Crippen LogP contribution in [0.25, 0.3) is 5.69 Å². The Morgan fingerprint density at radius 3 is 2.43 bits per heavy atom. The van der Waals surface area contributed by atoms with Crippen LogP contribution in [0, 0.1) is 5.82 Å². The molecule has 23 heavy (non-hydrogen) atoms. The molecule has 0 atom stereocenters. The number of rotatable bonds is 4. The van der Waals surface area contributed by atoms with Crippen LogP contribution in [0.3, 0.4) is 0 Å². The molecule has 1 heterocycles. The molecule has 0 radical (unpaired) electrons. The predicted octanol–water partition coefficient (Wildman–Crippen LogP) is 4.56. The third-order valence-corrected chi connectivity index (χ3v) is 3.90. The number of benzene rings is 2. The smallest absolute Gasteiger partial charge is 0.228 e. The molecule has 5 heteroatoms. The minimum Gasteiger partial charge on any atom is -0.324 e. The number of amides is 1. The van der Waals surface area contributed by atoms with E-state index in [1.165, 1.54) is 12.1 Å². The molecule has 0 saturated carbocycles. The first-order valence-corrected chi connectivity index (χ1v) is 7.88. The first-order chi connectivity index (χ1) is 11.1. The van der Waals surface area contributed by atoms with Gasteiger partial charge in [-0.1, -0.05) is 28.1 Å². The van der Waals surface area contributed by atoms with E-state index in [1.807, 2.05) is 53.4 Å². The molecule has 0 bridgehead atoms. The molecule has 0 aliphatic rings. The molecule has 0 aliphatic heterocycles. The van der Waals surface area contributed by atoms with E-state index in [1.54, 1.807) is 6.07 Å². The molecule has 3 nitrogen and oxygen atoms in total. The zero-order valence-corrected chi connectivity index (χ0v) is 13.8. The minimum atomic E-state index is -0.462. The second-order valence-electron chi connectivity index (χ2n) is 5.11. The Bertz CT molecular complexity index is 814. The van der Waals surface area contributed by atoms with Crippen molar-refractivity contribution in [1.29, 1.82) is 0 Å². The number of hydrogen-bond donors (Lipinski definition) is 1. The molecule has 0 unspecified atom stereocenters. The summed E-state index contributed by atoms with van der Waals surface area (Å²) in [6.45, 7) is 0. The zero-order valence-electron chi connectivity index (χ0n) is 12.2. The van der Waals surface area contributed by atoms with Gasteiger partial charge in [-0.25, -0.2) is 4.39 Å². The SMILES string of the molecule is O=C(Cc1ccc(-n2cccc2)cc1)Nc1ccc(Br)cc1F. The van der Waals surface area contributed by atoms with Crippen molar-refractivity contribution in [3.8, 4) is 5.69 Å². The van der Waals surface area contributed by atoms with Gasteiger partial charge in [0.15, 0.2) is 0 Å². The summed E-state index contributed by atoms with van der Waals surface area (Å²) in [6, 6.07) is 16.1. The molecular formula is C18H14BrFN2O. The van der Waals surface area contributed by atoms with Gasteiger partial charge in [0.25, 0.3) is 0 Å². The zero-order chi connectivity index (χ0) is 16.2. The van der Waals surface area contributed by atoms with E-state index >= 15 is 0 Å². The van der Waals surface area contributed by atoms with Gasteiger partial charge in [0.05, 0.1) is 12.1 Å². The highest BCUT2D eigenvalue weighted by molar-refractivity contribution is 9.10. The number of carbonyl (C=O) groups excluding carboxylic acids is 1. The molecule has 1 aromatic heterocycles. The Hall–Kier alpha value is -2.40. The Balaban J connectivity index is 1.66. The van der Waals surface area contributed by atoms with Crippen molar-refractivity contribution in [1.82, 2.24) is 4.57 Å². The van der Waals surface area contributed by atoms with E-state index in [2.05, 4.69) is 21.2 Å². The Morgan fingerprint density at radius 1 is 1.09 bits per heavy atom. The van der Waals surface area contributed by atoms with Crippen LogP contribution in [0.1, 0.15) is 5.56 Å². The first-order valence-electron chi connectivity index (χ1n) is 7.09. The lowest BCUT2D eigenvalue weighted by Gasteiger charge is -2.08. The summed E-state index contributed by atoms with van der Waals surface area (Å²) in [5.74, 6) is -0.712. The van der Waals surface area contributed by atoms with Crippen LogP contribution in [0.15, 0.2) is 71.5 Å². The monoisotopic (exact) mass is 372 g/mol. The predicted molar refractivity (Wildman–Crippen MR) is 92.2 cm³/mol. The molecule has 1 N–H and O–H groups in total. The van der Waals surface area contributed by atoms with Crippen molar-refractivity contribution in [2.45, 2.75) is 6.42 Å². The number of hydrogen-bond acceptors (Lipinski definition) is 1. The van der Waals surface area contributed by atoms with Gasteiger partial charge in [0, 0.05) is 22.6 Å². The van der Waals surface area contributed by atoms with E-state index in [0.717, 1.165) is 11.3 Å². The lowest BCUT2D eigenvalue weighted by molar-refractivity contribution is -0.115. The highest BCUT2D eigenvalue weighted by atomic mass is 79.9. The van der Waals surface area contributed by atoms with Gasteiger partial charge in [0.2, 0.25) is 5.91 Å². The van der Waals surface area contributed by atoms with Gasteiger partial charge >= 0.3 is 0 Å².